The van der Waals surface area contributed by atoms with E-state index in [0.717, 1.165) is 34.2 Å². The summed E-state index contributed by atoms with van der Waals surface area (Å²) in [4.78, 5) is 10.1. The molecule has 0 N–H and O–H groups in total. The smallest absolute Gasteiger partial charge is 0.131 e. The molecule has 258 valence electrons. The summed E-state index contributed by atoms with van der Waals surface area (Å²) in [6.45, 7) is 4.59. The van der Waals surface area contributed by atoms with Crippen molar-refractivity contribution < 1.29 is 4.74 Å². The average Bonchev–Trinajstić information content (AvgIpc) is 3.26. The molecule has 11 rings (SSSR count). The summed E-state index contributed by atoms with van der Waals surface area (Å²) in [5.41, 5.74) is 11.4. The van der Waals surface area contributed by atoms with Gasteiger partial charge in [0.05, 0.1) is 16.3 Å². The molecule has 0 fully saturated rings. The highest BCUT2D eigenvalue weighted by atomic mass is 32.2. The molecule has 0 amide bonds. The first-order valence-electron chi connectivity index (χ1n) is 18.3. The lowest BCUT2D eigenvalue weighted by atomic mass is 9.75. The van der Waals surface area contributed by atoms with E-state index in [4.69, 9.17) is 4.74 Å². The Hall–Kier alpha value is -5.88. The van der Waals surface area contributed by atoms with Crippen LogP contribution in [0, 0.1) is 0 Å². The van der Waals surface area contributed by atoms with Crippen LogP contribution in [0.4, 0.5) is 34.1 Å². The highest BCUT2D eigenvalue weighted by Crippen LogP contribution is 2.59. The third-order valence-corrected chi connectivity index (χ3v) is 13.7. The SMILES string of the molecule is CC1(C)c2ccccc2Oc2ccc(N(c3ccccc3)c3ccc(N4c5ccccc5-c5cccc6ccc7c(c56)Sc5c(cccc54)S7)cc3)cc21. The first-order valence-corrected chi connectivity index (χ1v) is 20.0. The minimum absolute atomic E-state index is 0.222. The summed E-state index contributed by atoms with van der Waals surface area (Å²) in [6, 6.07) is 61.7. The lowest BCUT2D eigenvalue weighted by Gasteiger charge is -2.36. The van der Waals surface area contributed by atoms with Crippen LogP contribution in [0.3, 0.4) is 0 Å². The van der Waals surface area contributed by atoms with E-state index in [1.165, 1.54) is 64.0 Å². The normalized spacial score (nSPS) is 14.2. The van der Waals surface area contributed by atoms with E-state index in [1.807, 2.05) is 29.6 Å². The van der Waals surface area contributed by atoms with Crippen LogP contribution >= 0.6 is 23.5 Å². The van der Waals surface area contributed by atoms with Crippen LogP contribution in [0.5, 0.6) is 11.5 Å². The number of benzene rings is 8. The number of hydrogen-bond acceptors (Lipinski definition) is 5. The molecule has 0 saturated heterocycles. The van der Waals surface area contributed by atoms with Gasteiger partial charge in [-0.05, 0) is 95.9 Å². The molecule has 0 aromatic heterocycles. The largest absolute Gasteiger partial charge is 0.457 e. The molecule has 0 aliphatic carbocycles. The van der Waals surface area contributed by atoms with E-state index in [0.29, 0.717) is 0 Å². The number of anilines is 6. The Morgan fingerprint density at radius 2 is 1.19 bits per heavy atom. The Kier molecular flexibility index (Phi) is 7.07. The van der Waals surface area contributed by atoms with Crippen molar-refractivity contribution in [3.8, 4) is 22.6 Å². The molecule has 54 heavy (non-hydrogen) atoms. The summed E-state index contributed by atoms with van der Waals surface area (Å²) in [6.07, 6.45) is 0. The molecule has 3 aliphatic heterocycles. The number of nitrogens with zero attached hydrogens (tertiary/aromatic N) is 2. The third kappa shape index (κ3) is 4.78. The van der Waals surface area contributed by atoms with Crippen molar-refractivity contribution in [1.82, 2.24) is 0 Å². The molecule has 3 heterocycles. The molecule has 0 unspecified atom stereocenters. The van der Waals surface area contributed by atoms with Gasteiger partial charge in [0.15, 0.2) is 0 Å². The average molecular weight is 731 g/mol. The maximum absolute atomic E-state index is 6.45. The molecule has 2 bridgehead atoms. The van der Waals surface area contributed by atoms with Crippen LogP contribution in [-0.2, 0) is 5.41 Å². The first kappa shape index (κ1) is 31.6. The van der Waals surface area contributed by atoms with Crippen LogP contribution in [0.2, 0.25) is 0 Å². The molecule has 0 spiro atoms. The second kappa shape index (κ2) is 12.1. The van der Waals surface area contributed by atoms with Gasteiger partial charge in [0.1, 0.15) is 11.5 Å². The van der Waals surface area contributed by atoms with Crippen LogP contribution in [0.15, 0.2) is 189 Å². The zero-order valence-corrected chi connectivity index (χ0v) is 31.4. The van der Waals surface area contributed by atoms with Gasteiger partial charge in [-0.25, -0.2) is 0 Å². The van der Waals surface area contributed by atoms with E-state index >= 15 is 0 Å². The van der Waals surface area contributed by atoms with E-state index in [-0.39, 0.29) is 5.41 Å². The van der Waals surface area contributed by atoms with Crippen molar-refractivity contribution in [2.75, 3.05) is 9.80 Å². The lowest BCUT2D eigenvalue weighted by molar-refractivity contribution is 0.418. The zero-order chi connectivity index (χ0) is 36.0. The van der Waals surface area contributed by atoms with Crippen molar-refractivity contribution in [3.63, 3.8) is 0 Å². The summed E-state index contributed by atoms with van der Waals surface area (Å²) in [5.74, 6) is 1.84. The molecule has 0 radical (unpaired) electrons. The number of ether oxygens (including phenoxy) is 1. The standard InChI is InChI=1S/C49H34N2OS2/c1-49(2)38-17-7-9-20-42(38)52-43-28-27-35(30-39(43)49)50(32-13-4-3-5-14-32)33-23-25-34(26-24-33)51-40-18-8-6-15-36(40)37-16-10-12-31-22-29-45-48(46(31)37)54-47-41(51)19-11-21-44(47)53-45/h3-30H,1-2H3. The first-order chi connectivity index (χ1) is 26.5. The Labute approximate surface area is 323 Å². The van der Waals surface area contributed by atoms with Crippen molar-refractivity contribution in [1.29, 1.82) is 0 Å². The second-order valence-corrected chi connectivity index (χ2v) is 16.7. The summed E-state index contributed by atoms with van der Waals surface area (Å²) >= 11 is 3.80. The van der Waals surface area contributed by atoms with Crippen molar-refractivity contribution in [2.24, 2.45) is 0 Å². The molecular formula is C49H34N2OS2. The van der Waals surface area contributed by atoms with Gasteiger partial charge in [-0.1, -0.05) is 122 Å². The van der Waals surface area contributed by atoms with Gasteiger partial charge in [0.25, 0.3) is 0 Å². The molecule has 5 heteroatoms. The molecule has 3 nitrogen and oxygen atoms in total. The molecule has 8 aromatic carbocycles. The van der Waals surface area contributed by atoms with Crippen LogP contribution in [-0.4, -0.2) is 0 Å². The second-order valence-electron chi connectivity index (χ2n) is 14.5. The fourth-order valence-electron chi connectivity index (χ4n) is 8.47. The number of rotatable bonds is 4. The maximum Gasteiger partial charge on any atom is 0.131 e. The van der Waals surface area contributed by atoms with Gasteiger partial charge in [-0.3, -0.25) is 0 Å². The quantitative estimate of drug-likeness (QED) is 0.179. The van der Waals surface area contributed by atoms with Crippen molar-refractivity contribution in [3.05, 3.63) is 181 Å². The molecular weight excluding hydrogens is 697 g/mol. The third-order valence-electron chi connectivity index (χ3n) is 11.1. The maximum atomic E-state index is 6.45. The fraction of sp³-hybridized carbons (Fsp3) is 0.0612. The number of para-hydroxylation sites is 3. The van der Waals surface area contributed by atoms with Crippen LogP contribution < -0.4 is 14.5 Å². The van der Waals surface area contributed by atoms with Gasteiger partial charge >= 0.3 is 0 Å². The van der Waals surface area contributed by atoms with Crippen molar-refractivity contribution >= 4 is 68.4 Å². The Bertz CT molecular complexity index is 2790. The predicted molar refractivity (Wildman–Crippen MR) is 226 cm³/mol. The van der Waals surface area contributed by atoms with Gasteiger partial charge < -0.3 is 14.5 Å². The van der Waals surface area contributed by atoms with Gasteiger partial charge in [-0.2, -0.15) is 0 Å². The molecule has 0 saturated carbocycles. The minimum atomic E-state index is -0.222. The van der Waals surface area contributed by atoms with Crippen LogP contribution in [0.25, 0.3) is 21.9 Å². The number of fused-ring (bicyclic) bond motifs is 4. The molecule has 8 aromatic rings. The molecule has 0 atom stereocenters. The Morgan fingerprint density at radius 1 is 0.500 bits per heavy atom. The fourth-order valence-corrected chi connectivity index (χ4v) is 11.0. The van der Waals surface area contributed by atoms with E-state index in [9.17, 15) is 0 Å². The summed E-state index contributed by atoms with van der Waals surface area (Å²) in [7, 11) is 0. The predicted octanol–water partition coefficient (Wildman–Crippen LogP) is 14.8. The van der Waals surface area contributed by atoms with E-state index in [2.05, 4.69) is 187 Å². The van der Waals surface area contributed by atoms with Gasteiger partial charge in [0, 0.05) is 64.9 Å². The lowest BCUT2D eigenvalue weighted by Crippen LogP contribution is -2.24. The Morgan fingerprint density at radius 3 is 2.07 bits per heavy atom. The summed E-state index contributed by atoms with van der Waals surface area (Å²) in [5, 5.41) is 2.61. The Balaban J connectivity index is 1.07. The minimum Gasteiger partial charge on any atom is -0.457 e. The monoisotopic (exact) mass is 730 g/mol. The van der Waals surface area contributed by atoms with Crippen molar-refractivity contribution in [2.45, 2.75) is 38.8 Å². The number of hydrogen-bond donors (Lipinski definition) is 0. The van der Waals surface area contributed by atoms with Crippen LogP contribution in [0.1, 0.15) is 25.0 Å². The summed E-state index contributed by atoms with van der Waals surface area (Å²) < 4.78 is 6.45. The van der Waals surface area contributed by atoms with Gasteiger partial charge in [0.2, 0.25) is 0 Å². The zero-order valence-electron chi connectivity index (χ0n) is 29.8. The highest BCUT2D eigenvalue weighted by molar-refractivity contribution is 8.05. The van der Waals surface area contributed by atoms with Gasteiger partial charge in [-0.15, -0.1) is 0 Å². The topological polar surface area (TPSA) is 15.7 Å². The molecule has 3 aliphatic rings. The van der Waals surface area contributed by atoms with E-state index in [1.54, 1.807) is 0 Å². The highest BCUT2D eigenvalue weighted by Gasteiger charge is 2.35. The van der Waals surface area contributed by atoms with E-state index < -0.39 is 0 Å².